The topological polar surface area (TPSA) is 83.3 Å². The monoisotopic (exact) mass is 395 g/mol. The number of furan rings is 2. The normalized spacial score (nSPS) is 10.9. The van der Waals surface area contributed by atoms with Crippen molar-refractivity contribution < 1.29 is 18.4 Å². The van der Waals surface area contributed by atoms with E-state index in [1.807, 2.05) is 22.8 Å². The van der Waals surface area contributed by atoms with Crippen molar-refractivity contribution in [3.05, 3.63) is 72.4 Å². The number of methoxy groups -OCH3 is 1. The zero-order chi connectivity index (χ0) is 19.3. The average Bonchev–Trinajstić information content (AvgIpc) is 3.49. The zero-order valence-electron chi connectivity index (χ0n) is 15.1. The summed E-state index contributed by atoms with van der Waals surface area (Å²) < 4.78 is 17.9. The summed E-state index contributed by atoms with van der Waals surface area (Å²) in [7, 11) is 1.59. The van der Waals surface area contributed by atoms with Crippen molar-refractivity contribution in [3.63, 3.8) is 0 Å². The predicted octanol–water partition coefficient (Wildman–Crippen LogP) is 4.16. The third kappa shape index (κ3) is 3.86. The van der Waals surface area contributed by atoms with Gasteiger partial charge in [-0.25, -0.2) is 0 Å². The van der Waals surface area contributed by atoms with Crippen LogP contribution in [-0.2, 0) is 6.54 Å². The lowest BCUT2D eigenvalue weighted by molar-refractivity contribution is 0.102. The molecule has 0 fully saturated rings. The molecule has 1 aromatic carbocycles. The fourth-order valence-corrected chi connectivity index (χ4v) is 3.51. The second kappa shape index (κ2) is 8.18. The number of nitrogens with zero attached hydrogens (tertiary/aromatic N) is 3. The number of Topliss-reactive ketones (excluding diaryl/α,β-unsaturated/α-hetero) is 1. The van der Waals surface area contributed by atoms with Crippen LogP contribution in [0.1, 0.15) is 16.1 Å². The number of hydrogen-bond acceptors (Lipinski definition) is 7. The Balaban J connectivity index is 1.54. The molecule has 4 aromatic rings. The highest BCUT2D eigenvalue weighted by atomic mass is 32.2. The Morgan fingerprint density at radius 1 is 1.07 bits per heavy atom. The highest BCUT2D eigenvalue weighted by Crippen LogP contribution is 2.26. The van der Waals surface area contributed by atoms with Gasteiger partial charge in [-0.2, -0.15) is 0 Å². The van der Waals surface area contributed by atoms with E-state index in [0.29, 0.717) is 34.6 Å². The molecule has 7 nitrogen and oxygen atoms in total. The first kappa shape index (κ1) is 18.1. The van der Waals surface area contributed by atoms with Gasteiger partial charge in [0.25, 0.3) is 0 Å². The molecular formula is C20H17N3O4S. The van der Waals surface area contributed by atoms with Gasteiger partial charge in [0.2, 0.25) is 5.82 Å². The summed E-state index contributed by atoms with van der Waals surface area (Å²) in [6, 6.07) is 14.4. The molecule has 142 valence electrons. The van der Waals surface area contributed by atoms with Gasteiger partial charge in [-0.05, 0) is 48.5 Å². The van der Waals surface area contributed by atoms with Crippen LogP contribution in [0.5, 0.6) is 5.75 Å². The second-order valence-electron chi connectivity index (χ2n) is 5.89. The molecule has 0 radical (unpaired) electrons. The van der Waals surface area contributed by atoms with E-state index in [0.717, 1.165) is 5.76 Å². The Morgan fingerprint density at radius 2 is 1.86 bits per heavy atom. The first-order chi connectivity index (χ1) is 13.7. The predicted molar refractivity (Wildman–Crippen MR) is 104 cm³/mol. The van der Waals surface area contributed by atoms with Crippen molar-refractivity contribution >= 4 is 17.5 Å². The van der Waals surface area contributed by atoms with Crippen LogP contribution >= 0.6 is 11.8 Å². The molecular weight excluding hydrogens is 378 g/mol. The number of rotatable bonds is 8. The largest absolute Gasteiger partial charge is 0.497 e. The van der Waals surface area contributed by atoms with E-state index < -0.39 is 0 Å². The molecule has 4 rings (SSSR count). The molecule has 8 heteroatoms. The standard InChI is InChI=1S/C20H17N3O4S/c1-25-15-8-6-14(7-9-15)17(24)13-28-20-22-21-19(18-5-3-11-27-18)23(20)12-16-4-2-10-26-16/h2-11H,12-13H2,1H3. The van der Waals surface area contributed by atoms with Gasteiger partial charge in [-0.15, -0.1) is 10.2 Å². The molecule has 0 atom stereocenters. The molecule has 0 spiro atoms. The fraction of sp³-hybridized carbons (Fsp3) is 0.150. The molecule has 0 aliphatic rings. The second-order valence-corrected chi connectivity index (χ2v) is 6.83. The van der Waals surface area contributed by atoms with Crippen molar-refractivity contribution in [1.29, 1.82) is 0 Å². The van der Waals surface area contributed by atoms with Crippen LogP contribution in [0.4, 0.5) is 0 Å². The number of carbonyl (C=O) groups excluding carboxylic acids is 1. The Bertz CT molecular complexity index is 1040. The van der Waals surface area contributed by atoms with Crippen molar-refractivity contribution in [2.24, 2.45) is 0 Å². The summed E-state index contributed by atoms with van der Waals surface area (Å²) in [6.07, 6.45) is 3.20. The average molecular weight is 395 g/mol. The zero-order valence-corrected chi connectivity index (χ0v) is 15.9. The lowest BCUT2D eigenvalue weighted by atomic mass is 10.1. The first-order valence-corrected chi connectivity index (χ1v) is 9.52. The molecule has 0 amide bonds. The number of carbonyl (C=O) groups is 1. The van der Waals surface area contributed by atoms with Gasteiger partial charge in [0.15, 0.2) is 16.7 Å². The Kier molecular flexibility index (Phi) is 5.29. The number of ketones is 1. The SMILES string of the molecule is COc1ccc(C(=O)CSc2nnc(-c3ccco3)n2Cc2ccco2)cc1. The maximum Gasteiger partial charge on any atom is 0.200 e. The maximum absolute atomic E-state index is 12.5. The van der Waals surface area contributed by atoms with Crippen LogP contribution in [-0.4, -0.2) is 33.4 Å². The molecule has 0 N–H and O–H groups in total. The number of benzene rings is 1. The van der Waals surface area contributed by atoms with E-state index in [1.54, 1.807) is 50.0 Å². The van der Waals surface area contributed by atoms with Gasteiger partial charge in [0.05, 0.1) is 31.9 Å². The van der Waals surface area contributed by atoms with Crippen LogP contribution in [0.3, 0.4) is 0 Å². The van der Waals surface area contributed by atoms with Crippen LogP contribution in [0, 0.1) is 0 Å². The minimum Gasteiger partial charge on any atom is -0.497 e. The summed E-state index contributed by atoms with van der Waals surface area (Å²) in [5, 5.41) is 9.10. The van der Waals surface area contributed by atoms with E-state index in [1.165, 1.54) is 11.8 Å². The molecule has 28 heavy (non-hydrogen) atoms. The van der Waals surface area contributed by atoms with E-state index >= 15 is 0 Å². The Hall–Kier alpha value is -3.26. The van der Waals surface area contributed by atoms with Crippen molar-refractivity contribution in [3.8, 4) is 17.3 Å². The number of hydrogen-bond donors (Lipinski definition) is 0. The van der Waals surface area contributed by atoms with Gasteiger partial charge < -0.3 is 13.6 Å². The molecule has 0 bridgehead atoms. The number of aromatic nitrogens is 3. The molecule has 0 aliphatic heterocycles. The summed E-state index contributed by atoms with van der Waals surface area (Å²) in [5.41, 5.74) is 0.622. The highest BCUT2D eigenvalue weighted by molar-refractivity contribution is 7.99. The van der Waals surface area contributed by atoms with E-state index in [2.05, 4.69) is 10.2 Å². The molecule has 0 saturated heterocycles. The summed E-state index contributed by atoms with van der Waals surface area (Å²) in [5.74, 6) is 2.90. The van der Waals surface area contributed by atoms with Gasteiger partial charge in [-0.1, -0.05) is 11.8 Å². The number of ether oxygens (including phenoxy) is 1. The van der Waals surface area contributed by atoms with Crippen molar-refractivity contribution in [1.82, 2.24) is 14.8 Å². The van der Waals surface area contributed by atoms with Crippen LogP contribution in [0.25, 0.3) is 11.6 Å². The van der Waals surface area contributed by atoms with Crippen LogP contribution in [0.15, 0.2) is 75.0 Å². The molecule has 0 aliphatic carbocycles. The van der Waals surface area contributed by atoms with Crippen molar-refractivity contribution in [2.75, 3.05) is 12.9 Å². The highest BCUT2D eigenvalue weighted by Gasteiger charge is 2.19. The first-order valence-electron chi connectivity index (χ1n) is 8.54. The quantitative estimate of drug-likeness (QED) is 0.327. The minimum atomic E-state index is -0.000231. The summed E-state index contributed by atoms with van der Waals surface area (Å²) >= 11 is 1.33. The molecule has 3 aromatic heterocycles. The molecule has 3 heterocycles. The lowest BCUT2D eigenvalue weighted by Crippen LogP contribution is -2.06. The van der Waals surface area contributed by atoms with Gasteiger partial charge >= 0.3 is 0 Å². The van der Waals surface area contributed by atoms with E-state index in [-0.39, 0.29) is 11.5 Å². The molecule has 0 unspecified atom stereocenters. The summed E-state index contributed by atoms with van der Waals surface area (Å²) in [6.45, 7) is 0.440. The number of thioether (sulfide) groups is 1. The smallest absolute Gasteiger partial charge is 0.200 e. The molecule has 0 saturated carbocycles. The third-order valence-corrected chi connectivity index (χ3v) is 5.06. The maximum atomic E-state index is 12.5. The van der Waals surface area contributed by atoms with Gasteiger partial charge in [0, 0.05) is 5.56 Å². The fourth-order valence-electron chi connectivity index (χ4n) is 2.67. The van der Waals surface area contributed by atoms with E-state index in [4.69, 9.17) is 13.6 Å². The van der Waals surface area contributed by atoms with Gasteiger partial charge in [-0.3, -0.25) is 9.36 Å². The lowest BCUT2D eigenvalue weighted by Gasteiger charge is -2.07. The van der Waals surface area contributed by atoms with Crippen LogP contribution in [0.2, 0.25) is 0 Å². The van der Waals surface area contributed by atoms with Crippen LogP contribution < -0.4 is 4.74 Å². The van der Waals surface area contributed by atoms with E-state index in [9.17, 15) is 4.79 Å². The minimum absolute atomic E-state index is 0.000231. The Morgan fingerprint density at radius 3 is 2.54 bits per heavy atom. The van der Waals surface area contributed by atoms with Gasteiger partial charge in [0.1, 0.15) is 11.5 Å². The summed E-state index contributed by atoms with van der Waals surface area (Å²) in [4.78, 5) is 12.5. The van der Waals surface area contributed by atoms with Crippen molar-refractivity contribution in [2.45, 2.75) is 11.7 Å². The third-order valence-electron chi connectivity index (χ3n) is 4.10. The Labute approximate surface area is 165 Å².